The third kappa shape index (κ3) is 2.47. The average Bonchev–Trinajstić information content (AvgIpc) is 3.19. The van der Waals surface area contributed by atoms with Gasteiger partial charge in [0, 0.05) is 19.0 Å². The third-order valence-corrected chi connectivity index (χ3v) is 3.96. The summed E-state index contributed by atoms with van der Waals surface area (Å²) in [4.78, 5) is 14.6. The van der Waals surface area contributed by atoms with E-state index in [2.05, 4.69) is 10.3 Å². The summed E-state index contributed by atoms with van der Waals surface area (Å²) in [7, 11) is 0. The van der Waals surface area contributed by atoms with Gasteiger partial charge in [-0.1, -0.05) is 0 Å². The highest BCUT2D eigenvalue weighted by molar-refractivity contribution is 7.71. The van der Waals surface area contributed by atoms with Crippen LogP contribution in [0.5, 0.6) is 0 Å². The summed E-state index contributed by atoms with van der Waals surface area (Å²) in [5.41, 5.74) is 2.14. The van der Waals surface area contributed by atoms with Crippen LogP contribution in [-0.4, -0.2) is 22.0 Å². The Balaban J connectivity index is 1.79. The molecule has 0 spiro atoms. The third-order valence-electron chi connectivity index (χ3n) is 3.64. The lowest BCUT2D eigenvalue weighted by atomic mass is 10.2. The molecule has 1 fully saturated rings. The van der Waals surface area contributed by atoms with Crippen molar-refractivity contribution in [2.24, 2.45) is 5.92 Å². The maximum atomic E-state index is 13.5. The first kappa shape index (κ1) is 13.3. The number of halogens is 1. The first-order valence-corrected chi connectivity index (χ1v) is 7.13. The molecule has 3 rings (SSSR count). The van der Waals surface area contributed by atoms with Gasteiger partial charge in [-0.25, -0.2) is 4.39 Å². The van der Waals surface area contributed by atoms with Crippen molar-refractivity contribution in [2.75, 3.05) is 6.54 Å². The Bertz CT molecular complexity index is 730. The first-order valence-electron chi connectivity index (χ1n) is 6.72. The molecule has 1 amide bonds. The zero-order valence-corrected chi connectivity index (χ0v) is 12.0. The Morgan fingerprint density at radius 3 is 3.00 bits per heavy atom. The molecule has 0 saturated heterocycles. The lowest BCUT2D eigenvalue weighted by Gasteiger charge is -2.07. The van der Waals surface area contributed by atoms with Crippen molar-refractivity contribution >= 4 is 29.2 Å². The molecule has 0 atom stereocenters. The van der Waals surface area contributed by atoms with Crippen molar-refractivity contribution in [3.63, 3.8) is 0 Å². The molecular weight excluding hydrogens is 277 g/mol. The van der Waals surface area contributed by atoms with E-state index in [1.54, 1.807) is 13.0 Å². The van der Waals surface area contributed by atoms with Gasteiger partial charge in [0.2, 0.25) is 5.91 Å². The van der Waals surface area contributed by atoms with Crippen LogP contribution in [0.2, 0.25) is 0 Å². The van der Waals surface area contributed by atoms with Crippen LogP contribution >= 0.6 is 12.2 Å². The molecule has 4 nitrogen and oxygen atoms in total. The Labute approximate surface area is 121 Å². The molecule has 1 aliphatic rings. The Morgan fingerprint density at radius 1 is 1.55 bits per heavy atom. The predicted molar refractivity (Wildman–Crippen MR) is 77.6 cm³/mol. The maximum Gasteiger partial charge on any atom is 0.223 e. The van der Waals surface area contributed by atoms with Crippen LogP contribution < -0.4 is 5.32 Å². The van der Waals surface area contributed by atoms with Crippen LogP contribution in [0.25, 0.3) is 11.0 Å². The quantitative estimate of drug-likeness (QED) is 0.852. The average molecular weight is 293 g/mol. The van der Waals surface area contributed by atoms with Crippen LogP contribution in [0.1, 0.15) is 18.4 Å². The number of nitrogens with zero attached hydrogens (tertiary/aromatic N) is 1. The van der Waals surface area contributed by atoms with E-state index in [-0.39, 0.29) is 17.6 Å². The summed E-state index contributed by atoms with van der Waals surface area (Å²) in [6.45, 7) is 2.85. The fourth-order valence-corrected chi connectivity index (χ4v) is 2.58. The van der Waals surface area contributed by atoms with Crippen molar-refractivity contribution in [3.05, 3.63) is 28.3 Å². The number of hydrogen-bond acceptors (Lipinski definition) is 2. The van der Waals surface area contributed by atoms with Gasteiger partial charge in [-0.05, 0) is 49.7 Å². The second-order valence-corrected chi connectivity index (χ2v) is 5.65. The molecular formula is C14H16FN3OS. The highest BCUT2D eigenvalue weighted by Crippen LogP contribution is 2.28. The molecule has 2 aromatic rings. The lowest BCUT2D eigenvalue weighted by Crippen LogP contribution is -2.28. The Morgan fingerprint density at radius 2 is 2.30 bits per heavy atom. The van der Waals surface area contributed by atoms with E-state index >= 15 is 0 Å². The molecule has 1 aromatic carbocycles. The SMILES string of the molecule is Cc1cc2c(cc1F)[nH]c(=S)n2CCNC(=O)C1CC1. The minimum Gasteiger partial charge on any atom is -0.354 e. The second kappa shape index (κ2) is 5.01. The molecule has 1 aliphatic carbocycles. The highest BCUT2D eigenvalue weighted by atomic mass is 32.1. The van der Waals surface area contributed by atoms with Crippen molar-refractivity contribution in [2.45, 2.75) is 26.3 Å². The number of rotatable bonds is 4. The molecule has 1 aromatic heterocycles. The van der Waals surface area contributed by atoms with Gasteiger partial charge in [0.05, 0.1) is 11.0 Å². The van der Waals surface area contributed by atoms with Gasteiger partial charge in [-0.15, -0.1) is 0 Å². The fourth-order valence-electron chi connectivity index (χ4n) is 2.28. The highest BCUT2D eigenvalue weighted by Gasteiger charge is 2.29. The number of fused-ring (bicyclic) bond motifs is 1. The van der Waals surface area contributed by atoms with E-state index < -0.39 is 0 Å². The van der Waals surface area contributed by atoms with E-state index in [0.717, 1.165) is 18.4 Å². The van der Waals surface area contributed by atoms with Crippen LogP contribution in [0.4, 0.5) is 4.39 Å². The predicted octanol–water partition coefficient (Wildman–Crippen LogP) is 2.67. The first-order chi connectivity index (χ1) is 9.56. The van der Waals surface area contributed by atoms with Gasteiger partial charge < -0.3 is 14.9 Å². The van der Waals surface area contributed by atoms with Gasteiger partial charge in [0.1, 0.15) is 5.82 Å². The zero-order valence-electron chi connectivity index (χ0n) is 11.2. The Hall–Kier alpha value is -1.69. The van der Waals surface area contributed by atoms with Crippen LogP contribution in [-0.2, 0) is 11.3 Å². The zero-order chi connectivity index (χ0) is 14.3. The van der Waals surface area contributed by atoms with Crippen LogP contribution in [0.15, 0.2) is 12.1 Å². The fraction of sp³-hybridized carbons (Fsp3) is 0.429. The van der Waals surface area contributed by atoms with Crippen molar-refractivity contribution < 1.29 is 9.18 Å². The van der Waals surface area contributed by atoms with Crippen LogP contribution in [0.3, 0.4) is 0 Å². The standard InChI is InChI=1S/C14H16FN3OS/c1-8-6-12-11(7-10(8)15)17-14(20)18(12)5-4-16-13(19)9-2-3-9/h6-7,9H,2-5H2,1H3,(H,16,19)(H,17,20). The van der Waals surface area contributed by atoms with E-state index in [1.165, 1.54) is 6.07 Å². The summed E-state index contributed by atoms with van der Waals surface area (Å²) in [6, 6.07) is 3.24. The molecule has 106 valence electrons. The molecule has 0 radical (unpaired) electrons. The Kier molecular flexibility index (Phi) is 3.33. The summed E-state index contributed by atoms with van der Waals surface area (Å²) in [6.07, 6.45) is 1.99. The summed E-state index contributed by atoms with van der Waals surface area (Å²) in [5, 5.41) is 2.91. The number of amides is 1. The number of benzene rings is 1. The van der Waals surface area contributed by atoms with Gasteiger partial charge in [0.15, 0.2) is 4.77 Å². The molecule has 0 bridgehead atoms. The number of aryl methyl sites for hydroxylation is 1. The number of carbonyl (C=O) groups is 1. The molecule has 6 heteroatoms. The van der Waals surface area contributed by atoms with Gasteiger partial charge >= 0.3 is 0 Å². The van der Waals surface area contributed by atoms with Crippen molar-refractivity contribution in [3.8, 4) is 0 Å². The van der Waals surface area contributed by atoms with E-state index in [9.17, 15) is 9.18 Å². The number of aromatic amines is 1. The van der Waals surface area contributed by atoms with Crippen LogP contribution in [0, 0.1) is 23.4 Å². The second-order valence-electron chi connectivity index (χ2n) is 5.27. The van der Waals surface area contributed by atoms with E-state index in [1.807, 2.05) is 4.57 Å². The minimum atomic E-state index is -0.247. The summed E-state index contributed by atoms with van der Waals surface area (Å²) < 4.78 is 16.0. The number of imidazole rings is 1. The van der Waals surface area contributed by atoms with Gasteiger partial charge in [-0.2, -0.15) is 0 Å². The lowest BCUT2D eigenvalue weighted by molar-refractivity contribution is -0.122. The summed E-state index contributed by atoms with van der Waals surface area (Å²) in [5.74, 6) is 0.0869. The minimum absolute atomic E-state index is 0.124. The topological polar surface area (TPSA) is 49.8 Å². The molecule has 1 saturated carbocycles. The van der Waals surface area contributed by atoms with Crippen molar-refractivity contribution in [1.29, 1.82) is 0 Å². The number of H-pyrrole nitrogens is 1. The smallest absolute Gasteiger partial charge is 0.223 e. The number of carbonyl (C=O) groups excluding carboxylic acids is 1. The monoisotopic (exact) mass is 293 g/mol. The maximum absolute atomic E-state index is 13.5. The van der Waals surface area contributed by atoms with E-state index in [0.29, 0.717) is 28.9 Å². The van der Waals surface area contributed by atoms with E-state index in [4.69, 9.17) is 12.2 Å². The summed E-state index contributed by atoms with van der Waals surface area (Å²) >= 11 is 5.25. The van der Waals surface area contributed by atoms with Crippen molar-refractivity contribution in [1.82, 2.24) is 14.9 Å². The molecule has 0 unspecified atom stereocenters. The molecule has 2 N–H and O–H groups in total. The number of hydrogen-bond donors (Lipinski definition) is 2. The molecule has 20 heavy (non-hydrogen) atoms. The normalized spacial score (nSPS) is 14.7. The number of aromatic nitrogens is 2. The molecule has 0 aliphatic heterocycles. The largest absolute Gasteiger partial charge is 0.354 e. The molecule has 1 heterocycles. The van der Waals surface area contributed by atoms with Gasteiger partial charge in [0.25, 0.3) is 0 Å². The number of nitrogens with one attached hydrogen (secondary N) is 2. The van der Waals surface area contributed by atoms with Gasteiger partial charge in [-0.3, -0.25) is 4.79 Å².